The summed E-state index contributed by atoms with van der Waals surface area (Å²) in [5, 5.41) is 0. The summed E-state index contributed by atoms with van der Waals surface area (Å²) in [5.74, 6) is 0.953. The highest BCUT2D eigenvalue weighted by atomic mass is 16.5. The maximum absolute atomic E-state index is 5.31. The molecule has 2 aliphatic rings. The molecule has 3 rings (SSSR count). The van der Waals surface area contributed by atoms with E-state index in [0.29, 0.717) is 0 Å². The van der Waals surface area contributed by atoms with Crippen molar-refractivity contribution in [2.75, 3.05) is 20.2 Å². The fourth-order valence-corrected chi connectivity index (χ4v) is 3.13. The predicted molar refractivity (Wildman–Crippen MR) is 74.8 cm³/mol. The van der Waals surface area contributed by atoms with Crippen LogP contribution in [0.15, 0.2) is 30.3 Å². The van der Waals surface area contributed by atoms with Crippen LogP contribution in [0.3, 0.4) is 0 Å². The van der Waals surface area contributed by atoms with Gasteiger partial charge in [-0.1, -0.05) is 24.6 Å². The molecular weight excluding hydrogens is 222 g/mol. The first-order valence-electron chi connectivity index (χ1n) is 6.94. The molecule has 0 N–H and O–H groups in total. The maximum Gasteiger partial charge on any atom is 0.119 e. The lowest BCUT2D eigenvalue weighted by molar-refractivity contribution is 0.162. The zero-order valence-electron chi connectivity index (χ0n) is 11.1. The summed E-state index contributed by atoms with van der Waals surface area (Å²) < 4.78 is 5.31. The molecule has 2 nitrogen and oxygen atoms in total. The third kappa shape index (κ3) is 2.30. The molecule has 1 saturated heterocycles. The van der Waals surface area contributed by atoms with Crippen LogP contribution in [-0.4, -0.2) is 31.1 Å². The van der Waals surface area contributed by atoms with Crippen molar-refractivity contribution in [3.05, 3.63) is 35.9 Å². The largest absolute Gasteiger partial charge is 0.497 e. The van der Waals surface area contributed by atoms with Gasteiger partial charge in [0, 0.05) is 12.6 Å². The molecule has 2 heterocycles. The van der Waals surface area contributed by atoms with Crippen molar-refractivity contribution in [2.45, 2.75) is 31.7 Å². The third-order valence-electron chi connectivity index (χ3n) is 4.20. The molecule has 0 saturated carbocycles. The highest BCUT2D eigenvalue weighted by molar-refractivity contribution is 5.68. The summed E-state index contributed by atoms with van der Waals surface area (Å²) in [6, 6.07) is 9.23. The van der Waals surface area contributed by atoms with E-state index in [4.69, 9.17) is 4.74 Å². The molecule has 2 heteroatoms. The Kier molecular flexibility index (Phi) is 3.37. The number of nitrogens with zero attached hydrogens (tertiary/aromatic N) is 1. The molecule has 0 bridgehead atoms. The minimum atomic E-state index is 0.799. The average molecular weight is 243 g/mol. The van der Waals surface area contributed by atoms with Crippen molar-refractivity contribution < 1.29 is 4.74 Å². The Bertz CT molecular complexity index is 452. The first kappa shape index (κ1) is 11.8. The smallest absolute Gasteiger partial charge is 0.119 e. The van der Waals surface area contributed by atoms with Gasteiger partial charge in [0.2, 0.25) is 0 Å². The summed E-state index contributed by atoms with van der Waals surface area (Å²) in [6.45, 7) is 2.38. The van der Waals surface area contributed by atoms with Crippen molar-refractivity contribution in [1.29, 1.82) is 0 Å². The SMILES string of the molecule is COc1cccc(C2=CC[C@H]3CCCCN3C2)c1. The molecule has 0 radical (unpaired) electrons. The molecule has 1 aromatic rings. The zero-order chi connectivity index (χ0) is 12.4. The standard InChI is InChI=1S/C16H21NO/c1-18-16-7-4-5-13(11-16)14-8-9-15-6-2-3-10-17(15)12-14/h4-5,7-8,11,15H,2-3,6,9-10,12H2,1H3/t15-/m1/s1. The number of fused-ring (bicyclic) bond motifs is 1. The monoisotopic (exact) mass is 243 g/mol. The average Bonchev–Trinajstić information content (AvgIpc) is 2.47. The van der Waals surface area contributed by atoms with Crippen LogP contribution in [0, 0.1) is 0 Å². The first-order chi connectivity index (χ1) is 8.86. The highest BCUT2D eigenvalue weighted by Gasteiger charge is 2.25. The number of methoxy groups -OCH3 is 1. The van der Waals surface area contributed by atoms with E-state index in [1.54, 1.807) is 7.11 Å². The van der Waals surface area contributed by atoms with Gasteiger partial charge in [0.05, 0.1) is 7.11 Å². The molecule has 18 heavy (non-hydrogen) atoms. The molecular formula is C16H21NO. The van der Waals surface area contributed by atoms with Gasteiger partial charge in [-0.05, 0) is 49.1 Å². The van der Waals surface area contributed by atoms with Gasteiger partial charge in [-0.15, -0.1) is 0 Å². The van der Waals surface area contributed by atoms with Crippen LogP contribution in [0.25, 0.3) is 5.57 Å². The van der Waals surface area contributed by atoms with Gasteiger partial charge < -0.3 is 4.74 Å². The van der Waals surface area contributed by atoms with E-state index in [2.05, 4.69) is 29.2 Å². The molecule has 1 fully saturated rings. The molecule has 1 aromatic carbocycles. The van der Waals surface area contributed by atoms with E-state index in [1.165, 1.54) is 43.4 Å². The molecule has 1 atom stereocenters. The number of benzene rings is 1. The van der Waals surface area contributed by atoms with E-state index in [1.807, 2.05) is 6.07 Å². The first-order valence-corrected chi connectivity index (χ1v) is 6.94. The van der Waals surface area contributed by atoms with Crippen LogP contribution >= 0.6 is 0 Å². The second-order valence-corrected chi connectivity index (χ2v) is 5.32. The second-order valence-electron chi connectivity index (χ2n) is 5.32. The van der Waals surface area contributed by atoms with Crippen molar-refractivity contribution in [1.82, 2.24) is 4.90 Å². The third-order valence-corrected chi connectivity index (χ3v) is 4.20. The maximum atomic E-state index is 5.31. The van der Waals surface area contributed by atoms with E-state index in [0.717, 1.165) is 18.3 Å². The van der Waals surface area contributed by atoms with Gasteiger partial charge in [0.1, 0.15) is 5.75 Å². The van der Waals surface area contributed by atoms with Crippen LogP contribution in [-0.2, 0) is 0 Å². The van der Waals surface area contributed by atoms with Gasteiger partial charge >= 0.3 is 0 Å². The molecule has 96 valence electrons. The van der Waals surface area contributed by atoms with Crippen molar-refractivity contribution in [3.63, 3.8) is 0 Å². The van der Waals surface area contributed by atoms with Gasteiger partial charge in [-0.3, -0.25) is 4.90 Å². The normalized spacial score (nSPS) is 24.3. The molecule has 0 amide bonds. The lowest BCUT2D eigenvalue weighted by Gasteiger charge is -2.39. The van der Waals surface area contributed by atoms with Crippen LogP contribution < -0.4 is 4.74 Å². The molecule has 0 aromatic heterocycles. The number of hydrogen-bond acceptors (Lipinski definition) is 2. The quantitative estimate of drug-likeness (QED) is 0.790. The van der Waals surface area contributed by atoms with Gasteiger partial charge in [0.15, 0.2) is 0 Å². The fraction of sp³-hybridized carbons (Fsp3) is 0.500. The van der Waals surface area contributed by atoms with E-state index in [9.17, 15) is 0 Å². The highest BCUT2D eigenvalue weighted by Crippen LogP contribution is 2.30. The van der Waals surface area contributed by atoms with Crippen molar-refractivity contribution >= 4 is 5.57 Å². The lowest BCUT2D eigenvalue weighted by Crippen LogP contribution is -2.42. The minimum absolute atomic E-state index is 0.799. The predicted octanol–water partition coefficient (Wildman–Crippen LogP) is 3.34. The zero-order valence-corrected chi connectivity index (χ0v) is 11.1. The summed E-state index contributed by atoms with van der Waals surface area (Å²) >= 11 is 0. The molecule has 0 spiro atoms. The Labute approximate surface area is 109 Å². The van der Waals surface area contributed by atoms with E-state index in [-0.39, 0.29) is 0 Å². The topological polar surface area (TPSA) is 12.5 Å². The Hall–Kier alpha value is -1.28. The summed E-state index contributed by atoms with van der Waals surface area (Å²) in [6.07, 6.45) is 7.79. The van der Waals surface area contributed by atoms with Crippen LogP contribution in [0.5, 0.6) is 5.75 Å². The molecule has 0 unspecified atom stereocenters. The summed E-state index contributed by atoms with van der Waals surface area (Å²) in [5.41, 5.74) is 2.78. The van der Waals surface area contributed by atoms with Crippen LogP contribution in [0.4, 0.5) is 0 Å². The Morgan fingerprint density at radius 2 is 2.22 bits per heavy atom. The number of rotatable bonds is 2. The Balaban J connectivity index is 1.81. The van der Waals surface area contributed by atoms with Crippen LogP contribution in [0.2, 0.25) is 0 Å². The molecule has 2 aliphatic heterocycles. The van der Waals surface area contributed by atoms with Crippen molar-refractivity contribution in [3.8, 4) is 5.75 Å². The summed E-state index contributed by atoms with van der Waals surface area (Å²) in [4.78, 5) is 2.65. The Morgan fingerprint density at radius 3 is 3.11 bits per heavy atom. The molecule has 0 aliphatic carbocycles. The summed E-state index contributed by atoms with van der Waals surface area (Å²) in [7, 11) is 1.73. The number of hydrogen-bond donors (Lipinski definition) is 0. The van der Waals surface area contributed by atoms with Crippen LogP contribution in [0.1, 0.15) is 31.2 Å². The van der Waals surface area contributed by atoms with Crippen molar-refractivity contribution in [2.24, 2.45) is 0 Å². The minimum Gasteiger partial charge on any atom is -0.497 e. The van der Waals surface area contributed by atoms with Gasteiger partial charge in [0.25, 0.3) is 0 Å². The lowest BCUT2D eigenvalue weighted by atomic mass is 9.91. The van der Waals surface area contributed by atoms with Gasteiger partial charge in [-0.2, -0.15) is 0 Å². The Morgan fingerprint density at radius 1 is 1.28 bits per heavy atom. The van der Waals surface area contributed by atoms with E-state index < -0.39 is 0 Å². The number of ether oxygens (including phenoxy) is 1. The second kappa shape index (κ2) is 5.15. The van der Waals surface area contributed by atoms with Gasteiger partial charge in [-0.25, -0.2) is 0 Å². The number of piperidine rings is 1. The van der Waals surface area contributed by atoms with E-state index >= 15 is 0 Å². The fourth-order valence-electron chi connectivity index (χ4n) is 3.13.